The van der Waals surface area contributed by atoms with Crippen molar-refractivity contribution in [3.63, 3.8) is 0 Å². The molecule has 1 aromatic heterocycles. The van der Waals surface area contributed by atoms with Gasteiger partial charge in [-0.25, -0.2) is 0 Å². The summed E-state index contributed by atoms with van der Waals surface area (Å²) in [6, 6.07) is 2.92. The maximum Gasteiger partial charge on any atom is 0.280 e. The molecule has 9 heteroatoms. The van der Waals surface area contributed by atoms with Crippen molar-refractivity contribution in [2.45, 2.75) is 32.4 Å². The summed E-state index contributed by atoms with van der Waals surface area (Å²) >= 11 is 1.59. The molecule has 2 N–H and O–H groups in total. The molecule has 140 valence electrons. The zero-order valence-electron chi connectivity index (χ0n) is 14.5. The molecule has 2 aliphatic heterocycles. The summed E-state index contributed by atoms with van der Waals surface area (Å²) in [4.78, 5) is 25.2. The van der Waals surface area contributed by atoms with E-state index < -0.39 is 11.1 Å². The second-order valence-electron chi connectivity index (χ2n) is 7.13. The Morgan fingerprint density at radius 3 is 2.81 bits per heavy atom. The van der Waals surface area contributed by atoms with Crippen LogP contribution >= 0.6 is 11.3 Å². The molecule has 0 saturated carbocycles. The van der Waals surface area contributed by atoms with Gasteiger partial charge in [-0.15, -0.1) is 11.3 Å². The first-order chi connectivity index (χ1) is 13.0. The minimum absolute atomic E-state index is 0.0281. The molecule has 2 unspecified atom stereocenters. The Kier molecular flexibility index (Phi) is 3.55. The number of nitrogens with one attached hydrogen (secondary N) is 2. The van der Waals surface area contributed by atoms with Gasteiger partial charge in [-0.3, -0.25) is 14.9 Å². The van der Waals surface area contributed by atoms with Crippen molar-refractivity contribution < 1.29 is 19.2 Å². The van der Waals surface area contributed by atoms with E-state index in [4.69, 9.17) is 9.47 Å². The Hall–Kier alpha value is -2.81. The van der Waals surface area contributed by atoms with Gasteiger partial charge in [-0.05, 0) is 36.8 Å². The van der Waals surface area contributed by atoms with E-state index in [-0.39, 0.29) is 18.4 Å². The van der Waals surface area contributed by atoms with Gasteiger partial charge in [0, 0.05) is 4.88 Å². The highest BCUT2D eigenvalue weighted by Gasteiger charge is 2.36. The van der Waals surface area contributed by atoms with E-state index in [2.05, 4.69) is 17.6 Å². The molecule has 1 amide bonds. The van der Waals surface area contributed by atoms with E-state index in [1.165, 1.54) is 10.9 Å². The SMILES string of the molecule is CC1CCc2c(sc3c2C(=O)NC(c2cc4c(cc2[N+](=O)[O-])OCO4)N3)C1. The van der Waals surface area contributed by atoms with Gasteiger partial charge in [0.25, 0.3) is 11.6 Å². The van der Waals surface area contributed by atoms with Crippen LogP contribution in [0.5, 0.6) is 11.5 Å². The number of nitro groups is 1. The largest absolute Gasteiger partial charge is 0.454 e. The number of thiophene rings is 1. The van der Waals surface area contributed by atoms with Gasteiger partial charge in [-0.1, -0.05) is 6.92 Å². The Labute approximate surface area is 158 Å². The molecule has 2 aromatic rings. The van der Waals surface area contributed by atoms with Crippen LogP contribution in [0.1, 0.15) is 45.9 Å². The second kappa shape index (κ2) is 5.85. The van der Waals surface area contributed by atoms with Crippen LogP contribution in [0.25, 0.3) is 0 Å². The molecule has 0 saturated heterocycles. The first-order valence-electron chi connectivity index (χ1n) is 8.81. The topological polar surface area (TPSA) is 103 Å². The molecule has 3 heterocycles. The third-order valence-corrected chi connectivity index (χ3v) is 6.50. The first-order valence-corrected chi connectivity index (χ1v) is 9.62. The highest BCUT2D eigenvalue weighted by molar-refractivity contribution is 7.16. The fourth-order valence-electron chi connectivity index (χ4n) is 3.95. The summed E-state index contributed by atoms with van der Waals surface area (Å²) in [6.45, 7) is 2.24. The smallest absolute Gasteiger partial charge is 0.280 e. The molecule has 0 fully saturated rings. The number of carbonyl (C=O) groups excluding carboxylic acids is 1. The second-order valence-corrected chi connectivity index (χ2v) is 8.23. The molecule has 0 spiro atoms. The van der Waals surface area contributed by atoms with Crippen LogP contribution in [0.3, 0.4) is 0 Å². The summed E-state index contributed by atoms with van der Waals surface area (Å²) in [6.07, 6.45) is 2.24. The van der Waals surface area contributed by atoms with Crippen LogP contribution in [0.15, 0.2) is 12.1 Å². The van der Waals surface area contributed by atoms with E-state index in [0.29, 0.717) is 28.5 Å². The van der Waals surface area contributed by atoms with Gasteiger partial charge in [0.1, 0.15) is 11.2 Å². The highest BCUT2D eigenvalue weighted by atomic mass is 32.1. The molecule has 3 aliphatic rings. The maximum absolute atomic E-state index is 12.8. The molecule has 2 atom stereocenters. The summed E-state index contributed by atoms with van der Waals surface area (Å²) in [7, 11) is 0. The van der Waals surface area contributed by atoms with Gasteiger partial charge in [0.15, 0.2) is 11.5 Å². The third kappa shape index (κ3) is 2.53. The quantitative estimate of drug-likeness (QED) is 0.605. The van der Waals surface area contributed by atoms with Crippen LogP contribution in [-0.2, 0) is 12.8 Å². The lowest BCUT2D eigenvalue weighted by atomic mass is 9.88. The normalized spacial score (nSPS) is 22.5. The Morgan fingerprint density at radius 2 is 2.04 bits per heavy atom. The van der Waals surface area contributed by atoms with E-state index in [1.807, 2.05) is 0 Å². The zero-order chi connectivity index (χ0) is 18.7. The molecule has 1 aliphatic carbocycles. The Bertz CT molecular complexity index is 986. The van der Waals surface area contributed by atoms with E-state index >= 15 is 0 Å². The first kappa shape index (κ1) is 16.4. The number of amides is 1. The lowest BCUT2D eigenvalue weighted by Crippen LogP contribution is -2.38. The monoisotopic (exact) mass is 387 g/mol. The fourth-order valence-corrected chi connectivity index (χ4v) is 5.39. The average Bonchev–Trinajstić information content (AvgIpc) is 3.23. The van der Waals surface area contributed by atoms with Crippen LogP contribution < -0.4 is 20.1 Å². The molecule has 27 heavy (non-hydrogen) atoms. The molecule has 8 nitrogen and oxygen atoms in total. The minimum atomic E-state index is -0.697. The number of hydrogen-bond acceptors (Lipinski definition) is 7. The highest BCUT2D eigenvalue weighted by Crippen LogP contribution is 2.45. The number of rotatable bonds is 2. The molecular formula is C18H17N3O5S. The lowest BCUT2D eigenvalue weighted by Gasteiger charge is -2.27. The van der Waals surface area contributed by atoms with E-state index in [1.54, 1.807) is 17.4 Å². The van der Waals surface area contributed by atoms with Gasteiger partial charge >= 0.3 is 0 Å². The summed E-state index contributed by atoms with van der Waals surface area (Å²) < 4.78 is 10.6. The zero-order valence-corrected chi connectivity index (χ0v) is 15.4. The number of nitrogens with zero attached hydrogens (tertiary/aromatic N) is 1. The van der Waals surface area contributed by atoms with Crippen molar-refractivity contribution in [3.05, 3.63) is 43.8 Å². The van der Waals surface area contributed by atoms with Gasteiger partial charge in [0.2, 0.25) is 6.79 Å². The number of benzene rings is 1. The van der Waals surface area contributed by atoms with Crippen LogP contribution in [0.2, 0.25) is 0 Å². The van der Waals surface area contributed by atoms with Crippen molar-refractivity contribution >= 4 is 27.9 Å². The maximum atomic E-state index is 12.8. The van der Waals surface area contributed by atoms with Crippen molar-refractivity contribution in [1.82, 2.24) is 5.32 Å². The van der Waals surface area contributed by atoms with Crippen LogP contribution in [0, 0.1) is 16.0 Å². The number of fused-ring (bicyclic) bond motifs is 4. The van der Waals surface area contributed by atoms with Crippen molar-refractivity contribution in [3.8, 4) is 11.5 Å². The predicted molar refractivity (Wildman–Crippen MR) is 98.6 cm³/mol. The molecular weight excluding hydrogens is 370 g/mol. The molecule has 0 bridgehead atoms. The lowest BCUT2D eigenvalue weighted by molar-refractivity contribution is -0.385. The van der Waals surface area contributed by atoms with E-state index in [0.717, 1.165) is 29.8 Å². The fraction of sp³-hybridized carbons (Fsp3) is 0.389. The third-order valence-electron chi connectivity index (χ3n) is 5.32. The number of anilines is 1. The summed E-state index contributed by atoms with van der Waals surface area (Å²) in [5.74, 6) is 1.20. The van der Waals surface area contributed by atoms with Gasteiger partial charge in [-0.2, -0.15) is 0 Å². The van der Waals surface area contributed by atoms with Crippen molar-refractivity contribution in [2.75, 3.05) is 12.1 Å². The van der Waals surface area contributed by atoms with Gasteiger partial charge < -0.3 is 20.1 Å². The minimum Gasteiger partial charge on any atom is -0.454 e. The number of hydrogen-bond donors (Lipinski definition) is 2. The Morgan fingerprint density at radius 1 is 1.26 bits per heavy atom. The Balaban J connectivity index is 1.56. The standard InChI is InChI=1S/C18H17N3O5S/c1-8-2-3-9-14(4-8)27-18-15(9)17(22)19-16(20-18)10-5-12-13(26-7-25-12)6-11(10)21(23)24/h5-6,8,16,20H,2-4,7H2,1H3,(H,19,22). The van der Waals surface area contributed by atoms with Crippen molar-refractivity contribution in [2.24, 2.45) is 5.92 Å². The molecule has 5 rings (SSSR count). The van der Waals surface area contributed by atoms with Crippen LogP contribution in [-0.4, -0.2) is 17.6 Å². The number of nitro benzene ring substituents is 1. The van der Waals surface area contributed by atoms with Crippen LogP contribution in [0.4, 0.5) is 10.7 Å². The number of carbonyl (C=O) groups is 1. The average molecular weight is 387 g/mol. The van der Waals surface area contributed by atoms with E-state index in [9.17, 15) is 14.9 Å². The summed E-state index contributed by atoms with van der Waals surface area (Å²) in [5.41, 5.74) is 2.05. The molecule has 0 radical (unpaired) electrons. The van der Waals surface area contributed by atoms with Gasteiger partial charge in [0.05, 0.1) is 22.1 Å². The molecule has 1 aromatic carbocycles. The summed E-state index contributed by atoms with van der Waals surface area (Å²) in [5, 5.41) is 18.5. The predicted octanol–water partition coefficient (Wildman–Crippen LogP) is 3.36. The van der Waals surface area contributed by atoms with Crippen molar-refractivity contribution in [1.29, 1.82) is 0 Å². The number of ether oxygens (including phenoxy) is 2.